The third kappa shape index (κ3) is 3.17. The van der Waals surface area contributed by atoms with Crippen LogP contribution in [0.25, 0.3) is 0 Å². The van der Waals surface area contributed by atoms with Crippen molar-refractivity contribution in [2.75, 3.05) is 11.5 Å². The molecular formula is C10H12INO2. The molecule has 0 spiro atoms. The first kappa shape index (κ1) is 11.3. The van der Waals surface area contributed by atoms with E-state index in [2.05, 4.69) is 32.6 Å². The average molecular weight is 305 g/mol. The molecule has 3 nitrogen and oxygen atoms in total. The van der Waals surface area contributed by atoms with Gasteiger partial charge in [-0.05, 0) is 5.56 Å². The molecule has 0 aromatic heterocycles. The molecule has 0 fully saturated rings. The van der Waals surface area contributed by atoms with Crippen LogP contribution in [0.2, 0.25) is 0 Å². The summed E-state index contributed by atoms with van der Waals surface area (Å²) in [5, 5.41) is 2.76. The molecule has 0 saturated carbocycles. The number of hydrogen-bond donors (Lipinski definition) is 1. The molecule has 1 aromatic rings. The lowest BCUT2D eigenvalue weighted by atomic mass is 10.1. The highest BCUT2D eigenvalue weighted by Gasteiger charge is 2.12. The van der Waals surface area contributed by atoms with Crippen molar-refractivity contribution < 1.29 is 9.53 Å². The van der Waals surface area contributed by atoms with Crippen LogP contribution in [-0.4, -0.2) is 17.6 Å². The van der Waals surface area contributed by atoms with Crippen LogP contribution in [0.15, 0.2) is 30.3 Å². The Bertz CT molecular complexity index is 289. The average Bonchev–Trinajstić information content (AvgIpc) is 2.26. The summed E-state index contributed by atoms with van der Waals surface area (Å²) < 4.78 is 5.37. The molecule has 14 heavy (non-hydrogen) atoms. The van der Waals surface area contributed by atoms with Gasteiger partial charge in [0.15, 0.2) is 0 Å². The minimum atomic E-state index is -0.393. The molecule has 0 radical (unpaired) electrons. The lowest BCUT2D eigenvalue weighted by molar-refractivity contribution is 0.168. The first-order chi connectivity index (χ1) is 6.77. The molecule has 0 aliphatic rings. The van der Waals surface area contributed by atoms with E-state index in [9.17, 15) is 4.79 Å². The number of rotatable bonds is 3. The maximum atomic E-state index is 11.0. The van der Waals surface area contributed by atoms with Crippen LogP contribution in [0.5, 0.6) is 0 Å². The van der Waals surface area contributed by atoms with E-state index in [0.29, 0.717) is 0 Å². The number of halogens is 1. The zero-order valence-electron chi connectivity index (χ0n) is 7.87. The van der Waals surface area contributed by atoms with Gasteiger partial charge in [0.05, 0.1) is 13.2 Å². The maximum absolute atomic E-state index is 11.0. The maximum Gasteiger partial charge on any atom is 0.407 e. The molecule has 1 amide bonds. The standard InChI is InChI=1S/C10H12INO2/c1-14-10(13)12-9(7-11)8-5-3-2-4-6-8/h2-6,9H,7H2,1H3,(H,12,13). The third-order valence-corrected chi connectivity index (χ3v) is 2.71. The van der Waals surface area contributed by atoms with Crippen molar-refractivity contribution in [3.05, 3.63) is 35.9 Å². The highest BCUT2D eigenvalue weighted by atomic mass is 127. The predicted octanol–water partition coefficient (Wildman–Crippen LogP) is 2.52. The Morgan fingerprint density at radius 2 is 2.14 bits per heavy atom. The van der Waals surface area contributed by atoms with Crippen molar-refractivity contribution >= 4 is 28.7 Å². The number of alkyl halides is 1. The minimum absolute atomic E-state index is 0.0178. The van der Waals surface area contributed by atoms with E-state index in [1.165, 1.54) is 7.11 Å². The van der Waals surface area contributed by atoms with E-state index in [-0.39, 0.29) is 6.04 Å². The van der Waals surface area contributed by atoms with Gasteiger partial charge in [0, 0.05) is 4.43 Å². The summed E-state index contributed by atoms with van der Waals surface area (Å²) in [7, 11) is 1.37. The summed E-state index contributed by atoms with van der Waals surface area (Å²) >= 11 is 2.23. The van der Waals surface area contributed by atoms with E-state index >= 15 is 0 Å². The predicted molar refractivity (Wildman–Crippen MR) is 63.6 cm³/mol. The van der Waals surface area contributed by atoms with Gasteiger partial charge in [0.1, 0.15) is 0 Å². The van der Waals surface area contributed by atoms with Gasteiger partial charge in [-0.3, -0.25) is 0 Å². The Hall–Kier alpha value is -0.780. The second kappa shape index (κ2) is 5.85. The van der Waals surface area contributed by atoms with Crippen LogP contribution in [0.3, 0.4) is 0 Å². The molecule has 1 atom stereocenters. The number of nitrogens with one attached hydrogen (secondary N) is 1. The number of amides is 1. The summed E-state index contributed by atoms with van der Waals surface area (Å²) in [6.45, 7) is 0. The van der Waals surface area contributed by atoms with E-state index < -0.39 is 6.09 Å². The second-order valence-corrected chi connectivity index (χ2v) is 3.63. The highest BCUT2D eigenvalue weighted by Crippen LogP contribution is 2.14. The number of carbonyl (C=O) groups is 1. The molecule has 0 bridgehead atoms. The van der Waals surface area contributed by atoms with Gasteiger partial charge in [0.25, 0.3) is 0 Å². The Morgan fingerprint density at radius 1 is 1.50 bits per heavy atom. The Balaban J connectivity index is 2.68. The molecule has 1 rings (SSSR count). The molecule has 0 aliphatic carbocycles. The van der Waals surface area contributed by atoms with Crippen molar-refractivity contribution in [1.29, 1.82) is 0 Å². The fraction of sp³-hybridized carbons (Fsp3) is 0.300. The first-order valence-electron chi connectivity index (χ1n) is 4.23. The van der Waals surface area contributed by atoms with Crippen molar-refractivity contribution in [2.45, 2.75) is 6.04 Å². The molecule has 4 heteroatoms. The molecular weight excluding hydrogens is 293 g/mol. The lowest BCUT2D eigenvalue weighted by Crippen LogP contribution is -2.29. The van der Waals surface area contributed by atoms with Crippen LogP contribution in [0.4, 0.5) is 4.79 Å². The van der Waals surface area contributed by atoms with Crippen LogP contribution in [0, 0.1) is 0 Å². The number of carbonyl (C=O) groups excluding carboxylic acids is 1. The van der Waals surface area contributed by atoms with Gasteiger partial charge in [-0.25, -0.2) is 4.79 Å². The van der Waals surface area contributed by atoms with Crippen molar-refractivity contribution in [2.24, 2.45) is 0 Å². The number of methoxy groups -OCH3 is 1. The van der Waals surface area contributed by atoms with Gasteiger partial charge in [-0.2, -0.15) is 0 Å². The molecule has 0 aliphatic heterocycles. The fourth-order valence-electron chi connectivity index (χ4n) is 1.10. The summed E-state index contributed by atoms with van der Waals surface area (Å²) in [4.78, 5) is 11.0. The Morgan fingerprint density at radius 3 is 2.64 bits per heavy atom. The van der Waals surface area contributed by atoms with Gasteiger partial charge in [0.2, 0.25) is 0 Å². The number of hydrogen-bond acceptors (Lipinski definition) is 2. The number of ether oxygens (including phenoxy) is 1. The first-order valence-corrected chi connectivity index (χ1v) is 5.76. The normalized spacial score (nSPS) is 11.9. The van der Waals surface area contributed by atoms with Crippen LogP contribution >= 0.6 is 22.6 Å². The zero-order valence-corrected chi connectivity index (χ0v) is 10.0. The summed E-state index contributed by atoms with van der Waals surface area (Å²) in [6, 6.07) is 9.84. The quantitative estimate of drug-likeness (QED) is 0.688. The van der Waals surface area contributed by atoms with Gasteiger partial charge in [-0.1, -0.05) is 52.9 Å². The van der Waals surface area contributed by atoms with E-state index in [0.717, 1.165) is 9.99 Å². The number of benzene rings is 1. The molecule has 1 aromatic carbocycles. The van der Waals surface area contributed by atoms with Gasteiger partial charge < -0.3 is 10.1 Å². The van der Waals surface area contributed by atoms with Crippen molar-refractivity contribution in [3.63, 3.8) is 0 Å². The Labute approximate surface area is 97.0 Å². The third-order valence-electron chi connectivity index (χ3n) is 1.83. The summed E-state index contributed by atoms with van der Waals surface area (Å²) in [5.74, 6) is 0. The summed E-state index contributed by atoms with van der Waals surface area (Å²) in [5.41, 5.74) is 1.09. The zero-order chi connectivity index (χ0) is 10.4. The fourth-order valence-corrected chi connectivity index (χ4v) is 1.83. The molecule has 0 heterocycles. The van der Waals surface area contributed by atoms with Crippen molar-refractivity contribution in [3.8, 4) is 0 Å². The smallest absolute Gasteiger partial charge is 0.407 e. The monoisotopic (exact) mass is 305 g/mol. The highest BCUT2D eigenvalue weighted by molar-refractivity contribution is 14.1. The second-order valence-electron chi connectivity index (χ2n) is 2.75. The van der Waals surface area contributed by atoms with Gasteiger partial charge in [-0.15, -0.1) is 0 Å². The van der Waals surface area contributed by atoms with Crippen molar-refractivity contribution in [1.82, 2.24) is 5.32 Å². The van der Waals surface area contributed by atoms with Crippen LogP contribution < -0.4 is 5.32 Å². The lowest BCUT2D eigenvalue weighted by Gasteiger charge is -2.15. The van der Waals surface area contributed by atoms with E-state index in [4.69, 9.17) is 0 Å². The topological polar surface area (TPSA) is 38.3 Å². The molecule has 0 saturated heterocycles. The summed E-state index contributed by atoms with van der Waals surface area (Å²) in [6.07, 6.45) is -0.393. The number of alkyl carbamates (subject to hydrolysis) is 1. The largest absolute Gasteiger partial charge is 0.453 e. The molecule has 76 valence electrons. The van der Waals surface area contributed by atoms with Crippen LogP contribution in [0.1, 0.15) is 11.6 Å². The van der Waals surface area contributed by atoms with E-state index in [1.807, 2.05) is 30.3 Å². The Kier molecular flexibility index (Phi) is 4.72. The minimum Gasteiger partial charge on any atom is -0.453 e. The molecule has 1 unspecified atom stereocenters. The molecule has 1 N–H and O–H groups in total. The van der Waals surface area contributed by atoms with Crippen LogP contribution in [-0.2, 0) is 4.74 Å². The van der Waals surface area contributed by atoms with Gasteiger partial charge >= 0.3 is 6.09 Å². The van der Waals surface area contributed by atoms with E-state index in [1.54, 1.807) is 0 Å². The SMILES string of the molecule is COC(=O)NC(CI)c1ccccc1.